The molecule has 110 valence electrons. The van der Waals surface area contributed by atoms with E-state index in [2.05, 4.69) is 11.0 Å². The number of nitrogens with zero attached hydrogens (tertiary/aromatic N) is 3. The molecule has 0 saturated carbocycles. The molecule has 1 aromatic rings. The molecule has 0 amide bonds. The number of hydrogen-bond donors (Lipinski definition) is 0. The highest BCUT2D eigenvalue weighted by atomic mass is 35.5. The number of likely N-dealkylation sites (tertiary alicyclic amines) is 1. The Labute approximate surface area is 128 Å². The summed E-state index contributed by atoms with van der Waals surface area (Å²) in [6.45, 7) is 3.74. The first-order valence-electron chi connectivity index (χ1n) is 6.91. The van der Waals surface area contributed by atoms with Crippen LogP contribution in [0.4, 0.5) is 5.69 Å². The summed E-state index contributed by atoms with van der Waals surface area (Å²) >= 11 is 5.96. The van der Waals surface area contributed by atoms with Gasteiger partial charge in [-0.3, -0.25) is 10.1 Å². The second-order valence-corrected chi connectivity index (χ2v) is 5.34. The van der Waals surface area contributed by atoms with E-state index in [1.165, 1.54) is 18.2 Å². The third kappa shape index (κ3) is 3.17. The standard InChI is InChI=1S/C15H16ClN3O2/c1-2-14(18-7-3-4-8-18)13(10-17)12-9-11(16)5-6-15(12)19(20)21/h5-6,9H,2-4,7-8H2,1H3/b14-13+. The number of benzene rings is 1. The van der Waals surface area contributed by atoms with Crippen molar-refractivity contribution in [2.75, 3.05) is 13.1 Å². The first kappa shape index (κ1) is 15.3. The molecule has 0 atom stereocenters. The van der Waals surface area contributed by atoms with Gasteiger partial charge in [-0.2, -0.15) is 5.26 Å². The molecule has 1 fully saturated rings. The summed E-state index contributed by atoms with van der Waals surface area (Å²) in [7, 11) is 0. The number of allylic oxidation sites excluding steroid dienone is 2. The van der Waals surface area contributed by atoms with Crippen LogP contribution >= 0.6 is 11.6 Å². The number of nitro groups is 1. The number of nitro benzene ring substituents is 1. The van der Waals surface area contributed by atoms with Gasteiger partial charge in [-0.1, -0.05) is 18.5 Å². The zero-order valence-corrected chi connectivity index (χ0v) is 12.6. The van der Waals surface area contributed by atoms with Crippen molar-refractivity contribution in [3.05, 3.63) is 44.6 Å². The van der Waals surface area contributed by atoms with E-state index in [9.17, 15) is 15.4 Å². The van der Waals surface area contributed by atoms with E-state index in [0.29, 0.717) is 22.6 Å². The summed E-state index contributed by atoms with van der Waals surface area (Å²) in [5, 5.41) is 21.1. The molecule has 2 rings (SSSR count). The fraction of sp³-hybridized carbons (Fsp3) is 0.400. The molecule has 1 heterocycles. The van der Waals surface area contributed by atoms with Gasteiger partial charge in [0.1, 0.15) is 6.07 Å². The van der Waals surface area contributed by atoms with Crippen molar-refractivity contribution >= 4 is 22.9 Å². The molecule has 0 bridgehead atoms. The highest BCUT2D eigenvalue weighted by molar-refractivity contribution is 6.30. The molecule has 1 aliphatic heterocycles. The fourth-order valence-electron chi connectivity index (χ4n) is 2.69. The monoisotopic (exact) mass is 305 g/mol. The number of nitriles is 1. The largest absolute Gasteiger partial charge is 0.374 e. The van der Waals surface area contributed by atoms with Crippen LogP contribution in [-0.4, -0.2) is 22.9 Å². The van der Waals surface area contributed by atoms with Gasteiger partial charge in [-0.15, -0.1) is 0 Å². The van der Waals surface area contributed by atoms with Crippen molar-refractivity contribution in [3.63, 3.8) is 0 Å². The molecule has 1 aromatic carbocycles. The Morgan fingerprint density at radius 2 is 2.14 bits per heavy atom. The van der Waals surface area contributed by atoms with Crippen LogP contribution in [0.3, 0.4) is 0 Å². The molecule has 1 aliphatic rings. The van der Waals surface area contributed by atoms with Gasteiger partial charge in [0, 0.05) is 29.9 Å². The lowest BCUT2D eigenvalue weighted by molar-refractivity contribution is -0.385. The Bertz CT molecular complexity index is 628. The SMILES string of the molecule is CC/C(=C(/C#N)c1cc(Cl)ccc1[N+](=O)[O-])N1CCCC1. The van der Waals surface area contributed by atoms with E-state index >= 15 is 0 Å². The molecule has 0 aliphatic carbocycles. The lowest BCUT2D eigenvalue weighted by Gasteiger charge is -2.22. The second kappa shape index (κ2) is 6.59. The molecule has 5 nitrogen and oxygen atoms in total. The van der Waals surface area contributed by atoms with E-state index in [1.54, 1.807) is 0 Å². The van der Waals surface area contributed by atoms with Crippen LogP contribution < -0.4 is 0 Å². The van der Waals surface area contributed by atoms with Crippen LogP contribution in [-0.2, 0) is 0 Å². The van der Waals surface area contributed by atoms with Crippen LogP contribution in [0, 0.1) is 21.4 Å². The highest BCUT2D eigenvalue weighted by Gasteiger charge is 2.24. The van der Waals surface area contributed by atoms with E-state index in [0.717, 1.165) is 31.6 Å². The Kier molecular flexibility index (Phi) is 4.81. The molecule has 6 heteroatoms. The summed E-state index contributed by atoms with van der Waals surface area (Å²) in [5.74, 6) is 0. The average Bonchev–Trinajstić information content (AvgIpc) is 2.97. The third-order valence-corrected chi connectivity index (χ3v) is 3.88. The molecule has 21 heavy (non-hydrogen) atoms. The molecule has 0 aromatic heterocycles. The maximum atomic E-state index is 11.2. The van der Waals surface area contributed by atoms with Gasteiger partial charge in [0.25, 0.3) is 5.69 Å². The zero-order chi connectivity index (χ0) is 15.4. The zero-order valence-electron chi connectivity index (χ0n) is 11.8. The summed E-state index contributed by atoms with van der Waals surface area (Å²) < 4.78 is 0. The van der Waals surface area contributed by atoms with Crippen molar-refractivity contribution < 1.29 is 4.92 Å². The van der Waals surface area contributed by atoms with Gasteiger partial charge in [-0.05, 0) is 31.4 Å². The van der Waals surface area contributed by atoms with Crippen LogP contribution in [0.15, 0.2) is 23.9 Å². The Morgan fingerprint density at radius 3 is 2.67 bits per heavy atom. The van der Waals surface area contributed by atoms with Crippen molar-refractivity contribution in [3.8, 4) is 6.07 Å². The topological polar surface area (TPSA) is 70.2 Å². The number of hydrogen-bond acceptors (Lipinski definition) is 4. The quantitative estimate of drug-likeness (QED) is 0.479. The number of rotatable bonds is 4. The lowest BCUT2D eigenvalue weighted by atomic mass is 10.0. The van der Waals surface area contributed by atoms with Crippen molar-refractivity contribution in [1.29, 1.82) is 5.26 Å². The minimum Gasteiger partial charge on any atom is -0.374 e. The molecule has 0 unspecified atom stereocenters. The summed E-state index contributed by atoms with van der Waals surface area (Å²) in [4.78, 5) is 12.9. The van der Waals surface area contributed by atoms with Crippen molar-refractivity contribution in [2.45, 2.75) is 26.2 Å². The van der Waals surface area contributed by atoms with Crippen LogP contribution in [0.1, 0.15) is 31.7 Å². The predicted octanol–water partition coefficient (Wildman–Crippen LogP) is 3.99. The van der Waals surface area contributed by atoms with Gasteiger partial charge in [0.15, 0.2) is 0 Å². The minimum absolute atomic E-state index is 0.0823. The molecule has 0 spiro atoms. The normalized spacial score (nSPS) is 15.6. The first-order chi connectivity index (χ1) is 10.1. The maximum absolute atomic E-state index is 11.2. The molecular formula is C15H16ClN3O2. The van der Waals surface area contributed by atoms with Gasteiger partial charge in [0.05, 0.1) is 16.1 Å². The predicted molar refractivity (Wildman–Crippen MR) is 81.7 cm³/mol. The summed E-state index contributed by atoms with van der Waals surface area (Å²) in [6, 6.07) is 6.47. The van der Waals surface area contributed by atoms with Crippen molar-refractivity contribution in [1.82, 2.24) is 4.90 Å². The average molecular weight is 306 g/mol. The van der Waals surface area contributed by atoms with Crippen LogP contribution in [0.2, 0.25) is 5.02 Å². The van der Waals surface area contributed by atoms with E-state index in [4.69, 9.17) is 11.6 Å². The van der Waals surface area contributed by atoms with Crippen LogP contribution in [0.25, 0.3) is 5.57 Å². The maximum Gasteiger partial charge on any atom is 0.278 e. The van der Waals surface area contributed by atoms with Gasteiger partial charge in [-0.25, -0.2) is 0 Å². The lowest BCUT2D eigenvalue weighted by Crippen LogP contribution is -2.19. The first-order valence-corrected chi connectivity index (χ1v) is 7.28. The fourth-order valence-corrected chi connectivity index (χ4v) is 2.87. The third-order valence-electron chi connectivity index (χ3n) is 3.65. The molecule has 1 saturated heterocycles. The Balaban J connectivity index is 2.62. The summed E-state index contributed by atoms with van der Waals surface area (Å²) in [5.41, 5.74) is 1.44. The highest BCUT2D eigenvalue weighted by Crippen LogP contribution is 2.33. The van der Waals surface area contributed by atoms with E-state index in [-0.39, 0.29) is 5.69 Å². The van der Waals surface area contributed by atoms with Gasteiger partial charge in [0.2, 0.25) is 0 Å². The second-order valence-electron chi connectivity index (χ2n) is 4.90. The van der Waals surface area contributed by atoms with Crippen LogP contribution in [0.5, 0.6) is 0 Å². The molecular weight excluding hydrogens is 290 g/mol. The Morgan fingerprint density at radius 1 is 1.48 bits per heavy atom. The summed E-state index contributed by atoms with van der Waals surface area (Å²) in [6.07, 6.45) is 2.83. The molecule has 0 N–H and O–H groups in total. The smallest absolute Gasteiger partial charge is 0.278 e. The van der Waals surface area contributed by atoms with Gasteiger partial charge < -0.3 is 4.90 Å². The van der Waals surface area contributed by atoms with E-state index < -0.39 is 4.92 Å². The Hall–Kier alpha value is -2.06. The molecule has 0 radical (unpaired) electrons. The number of halogens is 1. The van der Waals surface area contributed by atoms with E-state index in [1.807, 2.05) is 6.92 Å². The minimum atomic E-state index is -0.472. The van der Waals surface area contributed by atoms with Crippen molar-refractivity contribution in [2.24, 2.45) is 0 Å². The van der Waals surface area contributed by atoms with Gasteiger partial charge >= 0.3 is 0 Å².